The molecule has 0 aromatic carbocycles. The smallest absolute Gasteiger partial charge is 0.341 e. The third-order valence-electron chi connectivity index (χ3n) is 2.69. The van der Waals surface area contributed by atoms with Gasteiger partial charge in [-0.25, -0.2) is 0 Å². The number of halogens is 3. The quantitative estimate of drug-likeness (QED) is 0.794. The van der Waals surface area contributed by atoms with E-state index in [1.54, 1.807) is 4.90 Å². The molecule has 0 spiro atoms. The van der Waals surface area contributed by atoms with Crippen molar-refractivity contribution >= 4 is 5.91 Å². The lowest BCUT2D eigenvalue weighted by Gasteiger charge is -2.14. The molecule has 1 amide bonds. The summed E-state index contributed by atoms with van der Waals surface area (Å²) >= 11 is 0. The molecule has 0 unspecified atom stereocenters. The van der Waals surface area contributed by atoms with Crippen LogP contribution < -0.4 is 0 Å². The van der Waals surface area contributed by atoms with Crippen LogP contribution in [0.3, 0.4) is 0 Å². The molecule has 1 fully saturated rings. The van der Waals surface area contributed by atoms with E-state index in [0.29, 0.717) is 13.1 Å². The first kappa shape index (κ1) is 11.9. The second-order valence-electron chi connectivity index (χ2n) is 3.98. The zero-order chi connectivity index (χ0) is 12.5. The highest BCUT2D eigenvalue weighted by Crippen LogP contribution is 2.27. The summed E-state index contributed by atoms with van der Waals surface area (Å²) in [7, 11) is 0. The van der Waals surface area contributed by atoms with E-state index >= 15 is 0 Å². The Kier molecular flexibility index (Phi) is 3.08. The average molecular weight is 247 g/mol. The van der Waals surface area contributed by atoms with Crippen LogP contribution in [-0.2, 0) is 17.5 Å². The van der Waals surface area contributed by atoms with Crippen LogP contribution in [0.1, 0.15) is 18.5 Å². The Morgan fingerprint density at radius 1 is 1.35 bits per heavy atom. The number of hydrogen-bond donors (Lipinski definition) is 0. The summed E-state index contributed by atoms with van der Waals surface area (Å²) in [6.07, 6.45) is -1.37. The SMILES string of the molecule is O=C(Cn1ccc(C(F)(F)F)n1)N1CCCC1. The molecule has 1 aliphatic heterocycles. The molecule has 17 heavy (non-hydrogen) atoms. The van der Waals surface area contributed by atoms with E-state index in [1.807, 2.05) is 0 Å². The molecular weight excluding hydrogens is 235 g/mol. The van der Waals surface area contributed by atoms with E-state index in [9.17, 15) is 18.0 Å². The molecule has 1 aliphatic rings. The van der Waals surface area contributed by atoms with Gasteiger partial charge in [0.25, 0.3) is 0 Å². The maximum absolute atomic E-state index is 12.3. The molecular formula is C10H12F3N3O. The molecule has 0 bridgehead atoms. The Hall–Kier alpha value is -1.53. The van der Waals surface area contributed by atoms with Gasteiger partial charge in [0.05, 0.1) is 0 Å². The van der Waals surface area contributed by atoms with E-state index in [1.165, 1.54) is 6.20 Å². The first-order valence-corrected chi connectivity index (χ1v) is 5.35. The molecule has 1 aromatic heterocycles. The minimum absolute atomic E-state index is 0.129. The van der Waals surface area contributed by atoms with Crippen molar-refractivity contribution in [3.05, 3.63) is 18.0 Å². The van der Waals surface area contributed by atoms with Gasteiger partial charge in [-0.1, -0.05) is 0 Å². The van der Waals surface area contributed by atoms with Crippen molar-refractivity contribution in [2.24, 2.45) is 0 Å². The molecule has 4 nitrogen and oxygen atoms in total. The van der Waals surface area contributed by atoms with Crippen LogP contribution >= 0.6 is 0 Å². The largest absolute Gasteiger partial charge is 0.435 e. The Labute approximate surface area is 96.0 Å². The second kappa shape index (κ2) is 4.38. The molecule has 2 heterocycles. The first-order valence-electron chi connectivity index (χ1n) is 5.35. The monoisotopic (exact) mass is 247 g/mol. The molecule has 0 N–H and O–H groups in total. The van der Waals surface area contributed by atoms with Crippen molar-refractivity contribution in [1.82, 2.24) is 14.7 Å². The number of hydrogen-bond acceptors (Lipinski definition) is 2. The number of likely N-dealkylation sites (tertiary alicyclic amines) is 1. The van der Waals surface area contributed by atoms with Gasteiger partial charge in [0.15, 0.2) is 5.69 Å². The van der Waals surface area contributed by atoms with Crippen LogP contribution in [0.4, 0.5) is 13.2 Å². The van der Waals surface area contributed by atoms with Crippen LogP contribution in [-0.4, -0.2) is 33.7 Å². The summed E-state index contributed by atoms with van der Waals surface area (Å²) in [6, 6.07) is 0.872. The van der Waals surface area contributed by atoms with Gasteiger partial charge in [-0.3, -0.25) is 9.48 Å². The second-order valence-corrected chi connectivity index (χ2v) is 3.98. The van der Waals surface area contributed by atoms with E-state index < -0.39 is 11.9 Å². The predicted molar refractivity (Wildman–Crippen MR) is 53.0 cm³/mol. The third kappa shape index (κ3) is 2.78. The van der Waals surface area contributed by atoms with E-state index in [2.05, 4.69) is 5.10 Å². The van der Waals surface area contributed by atoms with Crippen LogP contribution in [0.15, 0.2) is 12.3 Å². The summed E-state index contributed by atoms with van der Waals surface area (Å²) in [5.74, 6) is -0.181. The number of aromatic nitrogens is 2. The Bertz CT molecular complexity index is 407. The minimum atomic E-state index is -4.46. The molecule has 0 aliphatic carbocycles. The van der Waals surface area contributed by atoms with Gasteiger partial charge < -0.3 is 4.90 Å². The lowest BCUT2D eigenvalue weighted by molar-refractivity contribution is -0.142. The Balaban J connectivity index is 1.99. The standard InChI is InChI=1S/C10H12F3N3O/c11-10(12,13)8-3-6-16(14-8)7-9(17)15-4-1-2-5-15/h3,6H,1-2,4-5,7H2. The maximum atomic E-state index is 12.3. The predicted octanol–water partition coefficient (Wildman–Crippen LogP) is 1.52. The molecule has 0 atom stereocenters. The normalized spacial score (nSPS) is 16.5. The first-order chi connectivity index (χ1) is 7.97. The van der Waals surface area contributed by atoms with Gasteiger partial charge in [0.1, 0.15) is 6.54 Å². The fourth-order valence-corrected chi connectivity index (χ4v) is 1.81. The highest BCUT2D eigenvalue weighted by Gasteiger charge is 2.33. The molecule has 0 radical (unpaired) electrons. The number of carbonyl (C=O) groups excluding carboxylic acids is 1. The van der Waals surface area contributed by atoms with Crippen molar-refractivity contribution in [3.8, 4) is 0 Å². The van der Waals surface area contributed by atoms with Crippen molar-refractivity contribution in [2.75, 3.05) is 13.1 Å². The molecule has 94 valence electrons. The topological polar surface area (TPSA) is 38.1 Å². The fraction of sp³-hybridized carbons (Fsp3) is 0.600. The Morgan fingerprint density at radius 2 is 2.00 bits per heavy atom. The van der Waals surface area contributed by atoms with Crippen molar-refractivity contribution < 1.29 is 18.0 Å². The zero-order valence-corrected chi connectivity index (χ0v) is 9.07. The molecule has 2 rings (SSSR count). The average Bonchev–Trinajstić information content (AvgIpc) is 2.85. The summed E-state index contributed by atoms with van der Waals surface area (Å²) in [5, 5.41) is 3.34. The van der Waals surface area contributed by atoms with E-state index in [0.717, 1.165) is 23.6 Å². The van der Waals surface area contributed by atoms with Crippen molar-refractivity contribution in [3.63, 3.8) is 0 Å². The molecule has 1 saturated heterocycles. The lowest BCUT2D eigenvalue weighted by Crippen LogP contribution is -2.31. The van der Waals surface area contributed by atoms with Crippen LogP contribution in [0.2, 0.25) is 0 Å². The highest BCUT2D eigenvalue weighted by atomic mass is 19.4. The molecule has 1 aromatic rings. The van der Waals surface area contributed by atoms with E-state index in [-0.39, 0.29) is 12.5 Å². The third-order valence-corrected chi connectivity index (χ3v) is 2.69. The number of nitrogens with zero attached hydrogens (tertiary/aromatic N) is 3. The van der Waals surface area contributed by atoms with E-state index in [4.69, 9.17) is 0 Å². The van der Waals surface area contributed by atoms with Crippen LogP contribution in [0.5, 0.6) is 0 Å². The van der Waals surface area contributed by atoms with Gasteiger partial charge in [-0.05, 0) is 18.9 Å². The van der Waals surface area contributed by atoms with Crippen molar-refractivity contribution in [1.29, 1.82) is 0 Å². The summed E-state index contributed by atoms with van der Waals surface area (Å²) in [5.41, 5.74) is -0.966. The minimum Gasteiger partial charge on any atom is -0.341 e. The zero-order valence-electron chi connectivity index (χ0n) is 9.07. The Morgan fingerprint density at radius 3 is 2.53 bits per heavy atom. The van der Waals surface area contributed by atoms with Gasteiger partial charge in [0, 0.05) is 19.3 Å². The fourth-order valence-electron chi connectivity index (χ4n) is 1.81. The number of carbonyl (C=O) groups is 1. The van der Waals surface area contributed by atoms with Gasteiger partial charge in [0.2, 0.25) is 5.91 Å². The number of rotatable bonds is 2. The number of amides is 1. The maximum Gasteiger partial charge on any atom is 0.435 e. The summed E-state index contributed by atoms with van der Waals surface area (Å²) in [6.45, 7) is 1.24. The van der Waals surface area contributed by atoms with Crippen LogP contribution in [0, 0.1) is 0 Å². The number of alkyl halides is 3. The summed E-state index contributed by atoms with van der Waals surface area (Å²) < 4.78 is 37.8. The summed E-state index contributed by atoms with van der Waals surface area (Å²) in [4.78, 5) is 13.3. The van der Waals surface area contributed by atoms with Gasteiger partial charge in [-0.2, -0.15) is 18.3 Å². The molecule has 7 heteroatoms. The lowest BCUT2D eigenvalue weighted by atomic mass is 10.4. The highest BCUT2D eigenvalue weighted by molar-refractivity contribution is 5.76. The van der Waals surface area contributed by atoms with Crippen LogP contribution in [0.25, 0.3) is 0 Å². The van der Waals surface area contributed by atoms with Gasteiger partial charge in [-0.15, -0.1) is 0 Å². The molecule has 0 saturated carbocycles. The van der Waals surface area contributed by atoms with Gasteiger partial charge >= 0.3 is 6.18 Å². The van der Waals surface area contributed by atoms with Crippen molar-refractivity contribution in [2.45, 2.75) is 25.6 Å².